The molecule has 0 unspecified atom stereocenters. The van der Waals surface area contributed by atoms with Crippen LogP contribution in [-0.4, -0.2) is 11.1 Å². The predicted octanol–water partition coefficient (Wildman–Crippen LogP) is 4.50. The molecule has 2 aromatic rings. The summed E-state index contributed by atoms with van der Waals surface area (Å²) in [5, 5.41) is 9.57. The number of hydrogen-bond donors (Lipinski definition) is 1. The minimum Gasteiger partial charge on any atom is -0.478 e. The maximum atomic E-state index is 13.3. The van der Waals surface area contributed by atoms with Crippen molar-refractivity contribution in [3.63, 3.8) is 0 Å². The van der Waals surface area contributed by atoms with Gasteiger partial charge in [-0.05, 0) is 24.3 Å². The lowest BCUT2D eigenvalue weighted by molar-refractivity contribution is 0.0697. The third-order valence-corrected chi connectivity index (χ3v) is 3.27. The highest BCUT2D eigenvalue weighted by molar-refractivity contribution is 6.43. The summed E-state index contributed by atoms with van der Waals surface area (Å²) in [6, 6.07) is 8.21. The van der Waals surface area contributed by atoms with Crippen molar-refractivity contribution in [2.24, 2.45) is 0 Å². The van der Waals surface area contributed by atoms with Crippen molar-refractivity contribution in [3.05, 3.63) is 57.8 Å². The number of benzene rings is 2. The van der Waals surface area contributed by atoms with Crippen LogP contribution in [0.1, 0.15) is 10.4 Å². The fourth-order valence-electron chi connectivity index (χ4n) is 1.64. The van der Waals surface area contributed by atoms with Gasteiger partial charge >= 0.3 is 5.97 Å². The van der Waals surface area contributed by atoms with E-state index >= 15 is 0 Å². The van der Waals surface area contributed by atoms with Crippen LogP contribution in [0.15, 0.2) is 36.4 Å². The molecule has 0 aliphatic rings. The van der Waals surface area contributed by atoms with Crippen LogP contribution in [0.3, 0.4) is 0 Å². The Morgan fingerprint density at radius 2 is 1.83 bits per heavy atom. The van der Waals surface area contributed by atoms with E-state index in [2.05, 4.69) is 0 Å². The highest BCUT2D eigenvalue weighted by atomic mass is 35.5. The number of halogens is 3. The fraction of sp³-hybridized carbons (Fsp3) is 0. The number of carboxylic acid groups (broad SMARTS) is 1. The molecule has 0 aliphatic carbocycles. The molecule has 0 saturated heterocycles. The highest BCUT2D eigenvalue weighted by Gasteiger charge is 2.16. The van der Waals surface area contributed by atoms with Crippen LogP contribution < -0.4 is 0 Å². The van der Waals surface area contributed by atoms with Crippen molar-refractivity contribution >= 4 is 29.2 Å². The summed E-state index contributed by atoms with van der Waals surface area (Å²) in [6.07, 6.45) is 0. The molecular weight excluding hydrogens is 278 g/mol. The Labute approximate surface area is 113 Å². The van der Waals surface area contributed by atoms with Crippen molar-refractivity contribution in [1.82, 2.24) is 0 Å². The lowest BCUT2D eigenvalue weighted by Crippen LogP contribution is -2.00. The van der Waals surface area contributed by atoms with Crippen LogP contribution in [0, 0.1) is 5.82 Å². The Kier molecular flexibility index (Phi) is 3.55. The van der Waals surface area contributed by atoms with Gasteiger partial charge in [0.15, 0.2) is 0 Å². The second kappa shape index (κ2) is 4.96. The summed E-state index contributed by atoms with van der Waals surface area (Å²) in [5.74, 6) is -1.69. The van der Waals surface area contributed by atoms with Gasteiger partial charge in [0, 0.05) is 11.1 Å². The Morgan fingerprint density at radius 1 is 1.11 bits per heavy atom. The first-order chi connectivity index (χ1) is 8.50. The Morgan fingerprint density at radius 3 is 2.50 bits per heavy atom. The third kappa shape index (κ3) is 2.33. The van der Waals surface area contributed by atoms with E-state index in [1.807, 2.05) is 0 Å². The van der Waals surface area contributed by atoms with Crippen LogP contribution in [-0.2, 0) is 0 Å². The van der Waals surface area contributed by atoms with Gasteiger partial charge < -0.3 is 5.11 Å². The van der Waals surface area contributed by atoms with E-state index in [4.69, 9.17) is 28.3 Å². The van der Waals surface area contributed by atoms with Crippen molar-refractivity contribution in [3.8, 4) is 11.1 Å². The van der Waals surface area contributed by atoms with Crippen LogP contribution in [0.5, 0.6) is 0 Å². The fourth-order valence-corrected chi connectivity index (χ4v) is 2.04. The average Bonchev–Trinajstić information content (AvgIpc) is 2.32. The first kappa shape index (κ1) is 12.9. The molecule has 0 radical (unpaired) electrons. The monoisotopic (exact) mass is 284 g/mol. The zero-order valence-electron chi connectivity index (χ0n) is 8.95. The highest BCUT2D eigenvalue weighted by Crippen LogP contribution is 2.35. The number of aromatic carboxylic acids is 1. The normalized spacial score (nSPS) is 10.4. The first-order valence-corrected chi connectivity index (χ1v) is 5.73. The van der Waals surface area contributed by atoms with Gasteiger partial charge in [0.25, 0.3) is 0 Å². The maximum absolute atomic E-state index is 13.3. The molecule has 0 amide bonds. The summed E-state index contributed by atoms with van der Waals surface area (Å²) >= 11 is 11.9. The van der Waals surface area contributed by atoms with E-state index in [1.165, 1.54) is 6.07 Å². The van der Waals surface area contributed by atoms with Crippen LogP contribution in [0.25, 0.3) is 11.1 Å². The van der Waals surface area contributed by atoms with Gasteiger partial charge in [-0.15, -0.1) is 0 Å². The largest absolute Gasteiger partial charge is 0.478 e. The Bertz CT molecular complexity index is 626. The summed E-state index contributed by atoms with van der Waals surface area (Å²) in [6.45, 7) is 0. The molecule has 2 nitrogen and oxygen atoms in total. The molecule has 0 saturated carbocycles. The number of carbonyl (C=O) groups is 1. The first-order valence-electron chi connectivity index (χ1n) is 4.98. The molecule has 2 rings (SSSR count). The second-order valence-electron chi connectivity index (χ2n) is 3.60. The van der Waals surface area contributed by atoms with Crippen molar-refractivity contribution in [1.29, 1.82) is 0 Å². The van der Waals surface area contributed by atoms with Gasteiger partial charge in [0.1, 0.15) is 5.82 Å². The van der Waals surface area contributed by atoms with Gasteiger partial charge in [0.2, 0.25) is 0 Å². The Hall–Kier alpha value is -1.58. The lowest BCUT2D eigenvalue weighted by Gasteiger charge is -2.09. The molecule has 0 aliphatic heterocycles. The zero-order valence-corrected chi connectivity index (χ0v) is 10.5. The summed E-state index contributed by atoms with van der Waals surface area (Å²) < 4.78 is 13.3. The van der Waals surface area contributed by atoms with E-state index in [1.54, 1.807) is 18.2 Å². The molecule has 0 spiro atoms. The van der Waals surface area contributed by atoms with E-state index < -0.39 is 11.8 Å². The van der Waals surface area contributed by atoms with Gasteiger partial charge in [-0.25, -0.2) is 9.18 Å². The summed E-state index contributed by atoms with van der Waals surface area (Å²) in [5.41, 5.74) is 0.566. The molecule has 18 heavy (non-hydrogen) atoms. The van der Waals surface area contributed by atoms with E-state index in [0.29, 0.717) is 5.56 Å². The molecule has 1 N–H and O–H groups in total. The SMILES string of the molecule is O=C(O)c1ccc(F)cc1-c1cccc(Cl)c1Cl. The van der Waals surface area contributed by atoms with Crippen molar-refractivity contribution in [2.75, 3.05) is 0 Å². The molecule has 92 valence electrons. The molecule has 2 aromatic carbocycles. The molecule has 0 bridgehead atoms. The molecule has 5 heteroatoms. The lowest BCUT2D eigenvalue weighted by atomic mass is 9.99. The quantitative estimate of drug-likeness (QED) is 0.882. The van der Waals surface area contributed by atoms with Crippen LogP contribution in [0.2, 0.25) is 10.0 Å². The van der Waals surface area contributed by atoms with Gasteiger partial charge in [-0.1, -0.05) is 35.3 Å². The molecule has 0 aromatic heterocycles. The average molecular weight is 285 g/mol. The standard InChI is InChI=1S/C13H7Cl2FO2/c14-11-3-1-2-8(12(11)15)10-6-7(16)4-5-9(10)13(17)18/h1-6H,(H,17,18). The molecule has 0 heterocycles. The van der Waals surface area contributed by atoms with Crippen LogP contribution >= 0.6 is 23.2 Å². The predicted molar refractivity (Wildman–Crippen MR) is 68.8 cm³/mol. The van der Waals surface area contributed by atoms with E-state index in [0.717, 1.165) is 12.1 Å². The zero-order chi connectivity index (χ0) is 13.3. The second-order valence-corrected chi connectivity index (χ2v) is 4.38. The Balaban J connectivity index is 2.73. The minimum absolute atomic E-state index is 0.0273. The van der Waals surface area contributed by atoms with Crippen molar-refractivity contribution < 1.29 is 14.3 Å². The molecule has 0 atom stereocenters. The number of carboxylic acids is 1. The van der Waals surface area contributed by atoms with Crippen LogP contribution in [0.4, 0.5) is 4.39 Å². The van der Waals surface area contributed by atoms with E-state index in [-0.39, 0.29) is 21.2 Å². The third-order valence-electron chi connectivity index (χ3n) is 2.45. The maximum Gasteiger partial charge on any atom is 0.336 e. The summed E-state index contributed by atoms with van der Waals surface area (Å²) in [7, 11) is 0. The molecule has 0 fully saturated rings. The van der Waals surface area contributed by atoms with E-state index in [9.17, 15) is 9.18 Å². The summed E-state index contributed by atoms with van der Waals surface area (Å²) in [4.78, 5) is 11.1. The number of hydrogen-bond acceptors (Lipinski definition) is 1. The number of rotatable bonds is 2. The van der Waals surface area contributed by atoms with Gasteiger partial charge in [0.05, 0.1) is 15.6 Å². The van der Waals surface area contributed by atoms with Gasteiger partial charge in [-0.2, -0.15) is 0 Å². The minimum atomic E-state index is -1.15. The van der Waals surface area contributed by atoms with Gasteiger partial charge in [-0.3, -0.25) is 0 Å². The van der Waals surface area contributed by atoms with Crippen molar-refractivity contribution in [2.45, 2.75) is 0 Å². The molecular formula is C13H7Cl2FO2. The smallest absolute Gasteiger partial charge is 0.336 e. The topological polar surface area (TPSA) is 37.3 Å².